The third-order valence-corrected chi connectivity index (χ3v) is 4.95. The van der Waals surface area contributed by atoms with Crippen LogP contribution in [0, 0.1) is 10.8 Å². The first-order chi connectivity index (χ1) is 6.97. The zero-order valence-electron chi connectivity index (χ0n) is 10.8. The lowest BCUT2D eigenvalue weighted by molar-refractivity contribution is 0.193. The molecule has 1 nitrogen and oxygen atoms in total. The SMILES string of the molecule is CCC1(CC)CCN(CC(C)(C)CS)C1. The first kappa shape index (κ1) is 13.4. The fourth-order valence-electron chi connectivity index (χ4n) is 2.65. The Kier molecular flexibility index (Phi) is 4.54. The van der Waals surface area contributed by atoms with Crippen LogP contribution >= 0.6 is 12.6 Å². The van der Waals surface area contributed by atoms with Gasteiger partial charge in [-0.15, -0.1) is 0 Å². The van der Waals surface area contributed by atoms with Gasteiger partial charge in [0.2, 0.25) is 0 Å². The molecule has 0 aliphatic carbocycles. The molecule has 1 rings (SSSR count). The van der Waals surface area contributed by atoms with Crippen molar-refractivity contribution in [1.82, 2.24) is 4.90 Å². The highest BCUT2D eigenvalue weighted by atomic mass is 32.1. The average molecular weight is 229 g/mol. The Morgan fingerprint density at radius 3 is 2.27 bits per heavy atom. The molecule has 2 heteroatoms. The van der Waals surface area contributed by atoms with Crippen molar-refractivity contribution in [2.75, 3.05) is 25.4 Å². The van der Waals surface area contributed by atoms with Crippen LogP contribution in [0.2, 0.25) is 0 Å². The predicted molar refractivity (Wildman–Crippen MR) is 71.7 cm³/mol. The van der Waals surface area contributed by atoms with E-state index >= 15 is 0 Å². The van der Waals surface area contributed by atoms with Crippen molar-refractivity contribution >= 4 is 12.6 Å². The van der Waals surface area contributed by atoms with Gasteiger partial charge >= 0.3 is 0 Å². The second kappa shape index (κ2) is 5.09. The lowest BCUT2D eigenvalue weighted by Crippen LogP contribution is -2.35. The summed E-state index contributed by atoms with van der Waals surface area (Å²) in [6, 6.07) is 0. The molecule has 0 saturated carbocycles. The Bertz CT molecular complexity index is 197. The highest BCUT2D eigenvalue weighted by Crippen LogP contribution is 2.38. The second-order valence-corrected chi connectivity index (χ2v) is 6.31. The molecule has 1 heterocycles. The molecule has 0 radical (unpaired) electrons. The molecule has 0 spiro atoms. The maximum absolute atomic E-state index is 4.44. The average Bonchev–Trinajstić information content (AvgIpc) is 2.62. The smallest absolute Gasteiger partial charge is 0.00407 e. The Balaban J connectivity index is 2.49. The van der Waals surface area contributed by atoms with E-state index in [0.29, 0.717) is 10.8 Å². The van der Waals surface area contributed by atoms with Gasteiger partial charge in [-0.05, 0) is 42.4 Å². The van der Waals surface area contributed by atoms with Gasteiger partial charge in [-0.25, -0.2) is 0 Å². The van der Waals surface area contributed by atoms with E-state index in [-0.39, 0.29) is 0 Å². The first-order valence-corrected chi connectivity index (χ1v) is 6.93. The number of hydrogen-bond donors (Lipinski definition) is 1. The monoisotopic (exact) mass is 229 g/mol. The molecule has 1 aliphatic heterocycles. The van der Waals surface area contributed by atoms with Gasteiger partial charge < -0.3 is 4.90 Å². The number of hydrogen-bond acceptors (Lipinski definition) is 2. The molecule has 15 heavy (non-hydrogen) atoms. The van der Waals surface area contributed by atoms with E-state index in [9.17, 15) is 0 Å². The molecule has 0 aromatic rings. The Hall–Kier alpha value is 0.310. The van der Waals surface area contributed by atoms with Gasteiger partial charge in [0.1, 0.15) is 0 Å². The van der Waals surface area contributed by atoms with E-state index in [4.69, 9.17) is 0 Å². The predicted octanol–water partition coefficient (Wildman–Crippen LogP) is 3.45. The summed E-state index contributed by atoms with van der Waals surface area (Å²) in [5, 5.41) is 0. The van der Waals surface area contributed by atoms with Crippen molar-refractivity contribution in [3.63, 3.8) is 0 Å². The first-order valence-electron chi connectivity index (χ1n) is 6.30. The van der Waals surface area contributed by atoms with Gasteiger partial charge in [0, 0.05) is 13.1 Å². The highest BCUT2D eigenvalue weighted by Gasteiger charge is 2.36. The molecule has 0 aromatic heterocycles. The van der Waals surface area contributed by atoms with Crippen LogP contribution in [0.15, 0.2) is 0 Å². The van der Waals surface area contributed by atoms with E-state index in [0.717, 1.165) is 5.75 Å². The Morgan fingerprint density at radius 2 is 1.87 bits per heavy atom. The quantitative estimate of drug-likeness (QED) is 0.707. The topological polar surface area (TPSA) is 3.24 Å². The third-order valence-electron chi connectivity index (χ3n) is 4.10. The summed E-state index contributed by atoms with van der Waals surface area (Å²) in [5.74, 6) is 0.981. The minimum Gasteiger partial charge on any atom is -0.302 e. The van der Waals surface area contributed by atoms with E-state index in [1.165, 1.54) is 38.9 Å². The van der Waals surface area contributed by atoms with Crippen LogP contribution in [0.5, 0.6) is 0 Å². The number of rotatable bonds is 5. The van der Waals surface area contributed by atoms with E-state index < -0.39 is 0 Å². The summed E-state index contributed by atoms with van der Waals surface area (Å²) in [7, 11) is 0. The molecular weight excluding hydrogens is 202 g/mol. The molecule has 1 fully saturated rings. The number of likely N-dealkylation sites (tertiary alicyclic amines) is 1. The summed E-state index contributed by atoms with van der Waals surface area (Å²) < 4.78 is 0. The minimum atomic E-state index is 0.362. The van der Waals surface area contributed by atoms with E-state index in [2.05, 4.69) is 45.2 Å². The van der Waals surface area contributed by atoms with Gasteiger partial charge in [-0.1, -0.05) is 27.7 Å². The summed E-state index contributed by atoms with van der Waals surface area (Å²) in [5.41, 5.74) is 0.980. The van der Waals surface area contributed by atoms with Crippen molar-refractivity contribution in [1.29, 1.82) is 0 Å². The van der Waals surface area contributed by atoms with Crippen molar-refractivity contribution in [3.8, 4) is 0 Å². The van der Waals surface area contributed by atoms with Crippen molar-refractivity contribution in [2.45, 2.75) is 47.0 Å². The lowest BCUT2D eigenvalue weighted by Gasteiger charge is -2.31. The fourth-order valence-corrected chi connectivity index (χ4v) is 2.75. The van der Waals surface area contributed by atoms with Gasteiger partial charge in [-0.2, -0.15) is 12.6 Å². The lowest BCUT2D eigenvalue weighted by atomic mass is 9.82. The van der Waals surface area contributed by atoms with Crippen LogP contribution in [0.3, 0.4) is 0 Å². The molecule has 0 amide bonds. The minimum absolute atomic E-state index is 0.362. The zero-order valence-corrected chi connectivity index (χ0v) is 11.7. The summed E-state index contributed by atoms with van der Waals surface area (Å²) in [6.45, 7) is 13.1. The van der Waals surface area contributed by atoms with Gasteiger partial charge in [0.15, 0.2) is 0 Å². The fraction of sp³-hybridized carbons (Fsp3) is 1.00. The molecule has 0 atom stereocenters. The maximum Gasteiger partial charge on any atom is 0.00407 e. The van der Waals surface area contributed by atoms with Crippen LogP contribution in [-0.2, 0) is 0 Å². The molecule has 1 saturated heterocycles. The van der Waals surface area contributed by atoms with Crippen LogP contribution in [-0.4, -0.2) is 30.3 Å². The maximum atomic E-state index is 4.44. The standard InChI is InChI=1S/C13H27NS/c1-5-13(6-2)7-8-14(10-13)9-12(3,4)11-15/h15H,5-11H2,1-4H3. The molecule has 90 valence electrons. The second-order valence-electron chi connectivity index (χ2n) is 5.99. The highest BCUT2D eigenvalue weighted by molar-refractivity contribution is 7.80. The van der Waals surface area contributed by atoms with Gasteiger partial charge in [0.05, 0.1) is 0 Å². The largest absolute Gasteiger partial charge is 0.302 e. The van der Waals surface area contributed by atoms with Crippen molar-refractivity contribution in [2.24, 2.45) is 10.8 Å². The molecular formula is C13H27NS. The van der Waals surface area contributed by atoms with Crippen molar-refractivity contribution in [3.05, 3.63) is 0 Å². The van der Waals surface area contributed by atoms with Crippen LogP contribution in [0.1, 0.15) is 47.0 Å². The normalized spacial score (nSPS) is 22.2. The Labute approximate surface area is 101 Å². The van der Waals surface area contributed by atoms with Crippen LogP contribution < -0.4 is 0 Å². The summed E-state index contributed by atoms with van der Waals surface area (Å²) >= 11 is 4.44. The van der Waals surface area contributed by atoms with E-state index in [1.54, 1.807) is 0 Å². The van der Waals surface area contributed by atoms with Crippen LogP contribution in [0.25, 0.3) is 0 Å². The van der Waals surface area contributed by atoms with Crippen LogP contribution in [0.4, 0.5) is 0 Å². The molecule has 0 aromatic carbocycles. The summed E-state index contributed by atoms with van der Waals surface area (Å²) in [4.78, 5) is 2.64. The molecule has 1 aliphatic rings. The zero-order chi connectivity index (χ0) is 11.5. The summed E-state index contributed by atoms with van der Waals surface area (Å²) in [6.07, 6.45) is 4.06. The van der Waals surface area contributed by atoms with Gasteiger partial charge in [0.25, 0.3) is 0 Å². The Morgan fingerprint density at radius 1 is 1.27 bits per heavy atom. The third kappa shape index (κ3) is 3.39. The number of thiol groups is 1. The van der Waals surface area contributed by atoms with E-state index in [1.807, 2.05) is 0 Å². The van der Waals surface area contributed by atoms with Gasteiger partial charge in [-0.3, -0.25) is 0 Å². The molecule has 0 unspecified atom stereocenters. The molecule has 0 bridgehead atoms. The molecule has 0 N–H and O–H groups in total. The van der Waals surface area contributed by atoms with Crippen molar-refractivity contribution < 1.29 is 0 Å². The number of nitrogens with zero attached hydrogens (tertiary/aromatic N) is 1.